The number of aliphatic hydroxyl groups excluding tert-OH is 1. The summed E-state index contributed by atoms with van der Waals surface area (Å²) in [6, 6.07) is 3.13. The zero-order chi connectivity index (χ0) is 12.8. The van der Waals surface area contributed by atoms with E-state index in [1.807, 2.05) is 0 Å². The molecule has 0 fully saturated rings. The summed E-state index contributed by atoms with van der Waals surface area (Å²) in [6.07, 6.45) is 0. The highest BCUT2D eigenvalue weighted by Crippen LogP contribution is 2.18. The molecule has 0 atom stereocenters. The highest BCUT2D eigenvalue weighted by Gasteiger charge is 2.07. The number of halogens is 2. The molecule has 0 aliphatic carbocycles. The zero-order valence-electron chi connectivity index (χ0n) is 9.39. The van der Waals surface area contributed by atoms with E-state index in [0.717, 1.165) is 0 Å². The van der Waals surface area contributed by atoms with Crippen molar-refractivity contribution in [3.05, 3.63) is 34.1 Å². The number of thiocarbonyl (C=S) groups is 1. The third-order valence-corrected chi connectivity index (χ3v) is 2.64. The summed E-state index contributed by atoms with van der Waals surface area (Å²) in [4.78, 5) is 0. The Labute approximate surface area is 110 Å². The maximum Gasteiger partial charge on any atom is 0.166 e. The fraction of sp³-hybridized carbons (Fsp3) is 0.364. The van der Waals surface area contributed by atoms with E-state index in [-0.39, 0.29) is 19.0 Å². The van der Waals surface area contributed by atoms with Gasteiger partial charge in [0.05, 0.1) is 6.61 Å². The molecule has 17 heavy (non-hydrogen) atoms. The van der Waals surface area contributed by atoms with Crippen LogP contribution in [0.25, 0.3) is 0 Å². The highest BCUT2D eigenvalue weighted by atomic mass is 35.5. The SMILES string of the molecule is Cc1cc(Cl)cc(CNC(=S)NCCO)c1F. The summed E-state index contributed by atoms with van der Waals surface area (Å²) in [7, 11) is 0. The lowest BCUT2D eigenvalue weighted by molar-refractivity contribution is 0.300. The van der Waals surface area contributed by atoms with Gasteiger partial charge in [-0.05, 0) is 36.8 Å². The topological polar surface area (TPSA) is 44.3 Å². The molecule has 0 aromatic heterocycles. The second-order valence-corrected chi connectivity index (χ2v) is 4.37. The van der Waals surface area contributed by atoms with Crippen LogP contribution in [0.15, 0.2) is 12.1 Å². The van der Waals surface area contributed by atoms with Crippen LogP contribution in [-0.2, 0) is 6.54 Å². The van der Waals surface area contributed by atoms with Crippen molar-refractivity contribution in [2.24, 2.45) is 0 Å². The molecular weight excluding hydrogens is 263 g/mol. The number of hydrogen-bond acceptors (Lipinski definition) is 2. The van der Waals surface area contributed by atoms with E-state index in [2.05, 4.69) is 10.6 Å². The molecule has 1 rings (SSSR count). The van der Waals surface area contributed by atoms with Crippen LogP contribution < -0.4 is 10.6 Å². The number of nitrogens with one attached hydrogen (secondary N) is 2. The van der Waals surface area contributed by atoms with Crippen LogP contribution >= 0.6 is 23.8 Å². The van der Waals surface area contributed by atoms with Gasteiger partial charge in [0.1, 0.15) is 5.82 Å². The number of benzene rings is 1. The molecule has 0 heterocycles. The van der Waals surface area contributed by atoms with Crippen molar-refractivity contribution in [2.75, 3.05) is 13.2 Å². The summed E-state index contributed by atoms with van der Waals surface area (Å²) < 4.78 is 13.7. The van der Waals surface area contributed by atoms with E-state index in [9.17, 15) is 4.39 Å². The molecule has 1 aromatic carbocycles. The Morgan fingerprint density at radius 1 is 1.47 bits per heavy atom. The zero-order valence-corrected chi connectivity index (χ0v) is 11.0. The maximum absolute atomic E-state index is 13.7. The minimum Gasteiger partial charge on any atom is -0.395 e. The summed E-state index contributed by atoms with van der Waals surface area (Å²) >= 11 is 10.8. The van der Waals surface area contributed by atoms with Gasteiger partial charge in [-0.25, -0.2) is 4.39 Å². The third-order valence-electron chi connectivity index (χ3n) is 2.13. The molecule has 0 saturated carbocycles. The van der Waals surface area contributed by atoms with Crippen LogP contribution in [-0.4, -0.2) is 23.4 Å². The fourth-order valence-electron chi connectivity index (χ4n) is 1.33. The molecule has 0 aliphatic rings. The van der Waals surface area contributed by atoms with Crippen molar-refractivity contribution in [3.8, 4) is 0 Å². The minimum atomic E-state index is -0.285. The van der Waals surface area contributed by atoms with Crippen LogP contribution in [0.3, 0.4) is 0 Å². The van der Waals surface area contributed by atoms with Gasteiger partial charge in [-0.3, -0.25) is 0 Å². The number of aliphatic hydroxyl groups is 1. The fourth-order valence-corrected chi connectivity index (χ4v) is 1.80. The molecule has 0 unspecified atom stereocenters. The number of hydrogen-bond donors (Lipinski definition) is 3. The first-order valence-corrected chi connectivity index (χ1v) is 5.90. The molecule has 0 bridgehead atoms. The summed E-state index contributed by atoms with van der Waals surface area (Å²) in [5, 5.41) is 15.1. The molecule has 6 heteroatoms. The summed E-state index contributed by atoms with van der Waals surface area (Å²) in [6.45, 7) is 2.27. The van der Waals surface area contributed by atoms with Gasteiger partial charge in [-0.1, -0.05) is 11.6 Å². The van der Waals surface area contributed by atoms with Crippen LogP contribution in [0.5, 0.6) is 0 Å². The Kier molecular flexibility index (Phi) is 5.61. The lowest BCUT2D eigenvalue weighted by atomic mass is 10.1. The maximum atomic E-state index is 13.7. The van der Waals surface area contributed by atoms with Crippen molar-refractivity contribution >= 4 is 28.9 Å². The van der Waals surface area contributed by atoms with E-state index in [4.69, 9.17) is 28.9 Å². The first-order chi connectivity index (χ1) is 8.04. The largest absolute Gasteiger partial charge is 0.395 e. The Morgan fingerprint density at radius 2 is 2.18 bits per heavy atom. The van der Waals surface area contributed by atoms with E-state index >= 15 is 0 Å². The molecule has 3 nitrogen and oxygen atoms in total. The third kappa shape index (κ3) is 4.46. The van der Waals surface area contributed by atoms with Crippen LogP contribution in [0.1, 0.15) is 11.1 Å². The van der Waals surface area contributed by atoms with Gasteiger partial charge in [-0.2, -0.15) is 0 Å². The second-order valence-electron chi connectivity index (χ2n) is 3.53. The standard InChI is InChI=1S/C11H14ClFN2OS/c1-7-4-9(12)5-8(10(7)13)6-15-11(17)14-2-3-16/h4-5,16H,2-3,6H2,1H3,(H2,14,15,17). The van der Waals surface area contributed by atoms with Gasteiger partial charge >= 0.3 is 0 Å². The van der Waals surface area contributed by atoms with Crippen LogP contribution in [0, 0.1) is 12.7 Å². The quantitative estimate of drug-likeness (QED) is 0.733. The average molecular weight is 277 g/mol. The predicted molar refractivity (Wildman–Crippen MR) is 70.7 cm³/mol. The van der Waals surface area contributed by atoms with E-state index in [1.54, 1.807) is 19.1 Å². The van der Waals surface area contributed by atoms with Crippen molar-refractivity contribution in [2.45, 2.75) is 13.5 Å². The minimum absolute atomic E-state index is 0.00749. The molecule has 0 spiro atoms. The lowest BCUT2D eigenvalue weighted by Gasteiger charge is -2.11. The van der Waals surface area contributed by atoms with Gasteiger partial charge in [-0.15, -0.1) is 0 Å². The molecule has 1 aromatic rings. The van der Waals surface area contributed by atoms with Gasteiger partial charge in [0.2, 0.25) is 0 Å². The van der Waals surface area contributed by atoms with Gasteiger partial charge in [0.25, 0.3) is 0 Å². The molecule has 0 radical (unpaired) electrons. The van der Waals surface area contributed by atoms with Crippen LogP contribution in [0.2, 0.25) is 5.02 Å². The van der Waals surface area contributed by atoms with Crippen molar-refractivity contribution in [3.63, 3.8) is 0 Å². The van der Waals surface area contributed by atoms with E-state index in [0.29, 0.717) is 27.8 Å². The smallest absolute Gasteiger partial charge is 0.166 e. The van der Waals surface area contributed by atoms with Crippen molar-refractivity contribution in [1.82, 2.24) is 10.6 Å². The number of rotatable bonds is 4. The van der Waals surface area contributed by atoms with Crippen molar-refractivity contribution in [1.29, 1.82) is 0 Å². The predicted octanol–water partition coefficient (Wildman–Crippen LogP) is 1.74. The number of aryl methyl sites for hydroxylation is 1. The average Bonchev–Trinajstić information content (AvgIpc) is 2.29. The molecule has 0 aliphatic heterocycles. The van der Waals surface area contributed by atoms with Gasteiger partial charge < -0.3 is 15.7 Å². The normalized spacial score (nSPS) is 10.1. The molecule has 94 valence electrons. The van der Waals surface area contributed by atoms with Gasteiger partial charge in [0, 0.05) is 23.7 Å². The molecule has 3 N–H and O–H groups in total. The van der Waals surface area contributed by atoms with Crippen LogP contribution in [0.4, 0.5) is 4.39 Å². The first-order valence-electron chi connectivity index (χ1n) is 5.11. The Hall–Kier alpha value is -0.910. The van der Waals surface area contributed by atoms with Crippen molar-refractivity contribution < 1.29 is 9.50 Å². The molecule has 0 saturated heterocycles. The Morgan fingerprint density at radius 3 is 2.82 bits per heavy atom. The molecule has 0 amide bonds. The summed E-state index contributed by atoms with van der Waals surface area (Å²) in [5.41, 5.74) is 0.965. The highest BCUT2D eigenvalue weighted by molar-refractivity contribution is 7.80. The van der Waals surface area contributed by atoms with Gasteiger partial charge in [0.15, 0.2) is 5.11 Å². The molecular formula is C11H14ClFN2OS. The lowest BCUT2D eigenvalue weighted by Crippen LogP contribution is -2.36. The first kappa shape index (κ1) is 14.2. The monoisotopic (exact) mass is 276 g/mol. The summed E-state index contributed by atoms with van der Waals surface area (Å²) in [5.74, 6) is -0.285. The van der Waals surface area contributed by atoms with E-state index in [1.165, 1.54) is 0 Å². The Balaban J connectivity index is 2.60. The second kappa shape index (κ2) is 6.74. The van der Waals surface area contributed by atoms with E-state index < -0.39 is 0 Å². The Bertz CT molecular complexity index is 415.